The van der Waals surface area contributed by atoms with E-state index in [4.69, 9.17) is 18.9 Å². The number of carbonyl (C=O) groups is 3. The second-order valence-corrected chi connectivity index (χ2v) is 8.95. The van der Waals surface area contributed by atoms with Gasteiger partial charge in [0.15, 0.2) is 0 Å². The topological polar surface area (TPSA) is 138 Å². The van der Waals surface area contributed by atoms with E-state index in [9.17, 15) is 14.4 Å². The van der Waals surface area contributed by atoms with Crippen LogP contribution in [-0.2, 0) is 33.3 Å². The van der Waals surface area contributed by atoms with Gasteiger partial charge in [-0.2, -0.15) is 0 Å². The predicted octanol–water partition coefficient (Wildman–Crippen LogP) is 1.02. The maximum atomic E-state index is 12.7. The van der Waals surface area contributed by atoms with Gasteiger partial charge in [0.25, 0.3) is 0 Å². The molecule has 12 heteroatoms. The van der Waals surface area contributed by atoms with E-state index >= 15 is 0 Å². The van der Waals surface area contributed by atoms with Crippen LogP contribution in [0.15, 0.2) is 42.9 Å². The summed E-state index contributed by atoms with van der Waals surface area (Å²) < 4.78 is 26.5. The number of hydrogen-bond donors (Lipinski definition) is 1. The molecule has 1 saturated heterocycles. The van der Waals surface area contributed by atoms with Crippen molar-refractivity contribution in [1.82, 2.24) is 20.2 Å². The Morgan fingerprint density at radius 1 is 1.02 bits per heavy atom. The van der Waals surface area contributed by atoms with Crippen LogP contribution in [-0.4, -0.2) is 106 Å². The number of hydrogen-bond acceptors (Lipinski definition) is 10. The number of likely N-dealkylation sites (tertiary alicyclic amines) is 1. The SMILES string of the molecule is COC(=O)c1ccnc(C#CCOCCOCCOCCOCCNC(=O)[C@H]2CC(=O)N(C)[C@@H]2c2cccnc2)c1. The third-order valence-electron chi connectivity index (χ3n) is 6.18. The van der Waals surface area contributed by atoms with E-state index in [2.05, 4.69) is 31.9 Å². The van der Waals surface area contributed by atoms with Crippen LogP contribution in [0.4, 0.5) is 0 Å². The largest absolute Gasteiger partial charge is 0.465 e. The van der Waals surface area contributed by atoms with Crippen LogP contribution in [0.25, 0.3) is 0 Å². The van der Waals surface area contributed by atoms with Gasteiger partial charge in [0.05, 0.1) is 70.9 Å². The predicted molar refractivity (Wildman–Crippen MR) is 147 cm³/mol. The van der Waals surface area contributed by atoms with Gasteiger partial charge in [-0.05, 0) is 29.7 Å². The third-order valence-corrected chi connectivity index (χ3v) is 6.18. The minimum Gasteiger partial charge on any atom is -0.465 e. The molecule has 0 aliphatic carbocycles. The van der Waals surface area contributed by atoms with E-state index in [1.165, 1.54) is 13.3 Å². The zero-order valence-corrected chi connectivity index (χ0v) is 23.4. The Kier molecular flexibility index (Phi) is 13.7. The molecule has 3 rings (SSSR count). The first-order valence-electron chi connectivity index (χ1n) is 13.3. The highest BCUT2D eigenvalue weighted by atomic mass is 16.6. The normalized spacial score (nSPS) is 16.2. The smallest absolute Gasteiger partial charge is 0.338 e. The van der Waals surface area contributed by atoms with Gasteiger partial charge in [-0.3, -0.25) is 14.6 Å². The number of amides is 2. The lowest BCUT2D eigenvalue weighted by Gasteiger charge is -2.24. The summed E-state index contributed by atoms with van der Waals surface area (Å²) in [4.78, 5) is 46.3. The van der Waals surface area contributed by atoms with Crippen LogP contribution in [0.3, 0.4) is 0 Å². The number of ether oxygens (including phenoxy) is 5. The molecule has 2 aromatic rings. The van der Waals surface area contributed by atoms with Gasteiger partial charge in [0.2, 0.25) is 11.8 Å². The molecule has 1 aliphatic rings. The highest BCUT2D eigenvalue weighted by Gasteiger charge is 2.42. The van der Waals surface area contributed by atoms with Crippen LogP contribution in [0, 0.1) is 17.8 Å². The summed E-state index contributed by atoms with van der Waals surface area (Å²) in [6, 6.07) is 6.47. The van der Waals surface area contributed by atoms with Gasteiger partial charge in [-0.15, -0.1) is 0 Å². The molecule has 12 nitrogen and oxygen atoms in total. The van der Waals surface area contributed by atoms with Crippen LogP contribution in [0.1, 0.15) is 34.1 Å². The minimum absolute atomic E-state index is 0.0624. The van der Waals surface area contributed by atoms with Crippen LogP contribution in [0.2, 0.25) is 0 Å². The minimum atomic E-state index is -0.465. The quantitative estimate of drug-likeness (QED) is 0.177. The maximum absolute atomic E-state index is 12.7. The van der Waals surface area contributed by atoms with E-state index in [-0.39, 0.29) is 30.9 Å². The van der Waals surface area contributed by atoms with Crippen molar-refractivity contribution in [1.29, 1.82) is 0 Å². The zero-order valence-electron chi connectivity index (χ0n) is 23.4. The first-order valence-corrected chi connectivity index (χ1v) is 13.3. The molecule has 1 fully saturated rings. The average Bonchev–Trinajstić information content (AvgIpc) is 3.30. The first kappa shape index (κ1) is 31.6. The van der Waals surface area contributed by atoms with Crippen molar-refractivity contribution in [2.24, 2.45) is 5.92 Å². The summed E-state index contributed by atoms with van der Waals surface area (Å²) in [6.45, 7) is 3.31. The van der Waals surface area contributed by atoms with E-state index in [0.717, 1.165) is 5.56 Å². The number of esters is 1. The fraction of sp³-hybridized carbons (Fsp3) is 0.483. The molecule has 3 heterocycles. The van der Waals surface area contributed by atoms with E-state index in [1.54, 1.807) is 42.5 Å². The molecule has 0 bridgehead atoms. The number of carbonyl (C=O) groups excluding carboxylic acids is 3. The number of aromatic nitrogens is 2. The van der Waals surface area contributed by atoms with Crippen molar-refractivity contribution in [2.45, 2.75) is 12.5 Å². The summed E-state index contributed by atoms with van der Waals surface area (Å²) in [5, 5.41) is 2.86. The lowest BCUT2D eigenvalue weighted by molar-refractivity contribution is -0.128. The lowest BCUT2D eigenvalue weighted by atomic mass is 9.94. The average molecular weight is 569 g/mol. The Morgan fingerprint density at radius 2 is 1.73 bits per heavy atom. The van der Waals surface area contributed by atoms with Crippen molar-refractivity contribution in [3.05, 3.63) is 59.7 Å². The molecule has 2 aromatic heterocycles. The molecule has 0 spiro atoms. The maximum Gasteiger partial charge on any atom is 0.338 e. The Bertz CT molecular complexity index is 1180. The summed E-state index contributed by atoms with van der Waals surface area (Å²) in [5.74, 6) is 4.53. The fourth-order valence-electron chi connectivity index (χ4n) is 4.14. The second-order valence-electron chi connectivity index (χ2n) is 8.95. The molecule has 1 N–H and O–H groups in total. The van der Waals surface area contributed by atoms with Crippen molar-refractivity contribution < 1.29 is 38.1 Å². The number of methoxy groups -OCH3 is 1. The van der Waals surface area contributed by atoms with Crippen molar-refractivity contribution in [3.8, 4) is 11.8 Å². The number of nitrogens with one attached hydrogen (secondary N) is 1. The van der Waals surface area contributed by atoms with Crippen LogP contribution in [0.5, 0.6) is 0 Å². The summed E-state index contributed by atoms with van der Waals surface area (Å²) in [7, 11) is 3.03. The third kappa shape index (κ3) is 10.5. The monoisotopic (exact) mass is 568 g/mol. The molecule has 0 radical (unpaired) electrons. The molecular weight excluding hydrogens is 532 g/mol. The molecule has 0 saturated carbocycles. The van der Waals surface area contributed by atoms with E-state index in [0.29, 0.717) is 64.1 Å². The lowest BCUT2D eigenvalue weighted by Crippen LogP contribution is -2.36. The summed E-state index contributed by atoms with van der Waals surface area (Å²) in [6.07, 6.45) is 5.02. The van der Waals surface area contributed by atoms with E-state index in [1.807, 2.05) is 6.07 Å². The molecule has 1 aliphatic heterocycles. The standard InChI is InChI=1S/C29H36N4O8/c1-33-26(34)20-25(27(33)23-5-3-8-30-21-23)28(35)32-10-12-39-14-16-41-18-17-40-15-13-38-11-4-6-24-19-22(7-9-31-24)29(36)37-2/h3,5,7-9,19,21,25,27H,10-18,20H2,1-2H3,(H,32,35)/t25-,27+/m0/s1. The van der Waals surface area contributed by atoms with Crippen molar-refractivity contribution in [3.63, 3.8) is 0 Å². The Morgan fingerprint density at radius 3 is 2.41 bits per heavy atom. The molecular formula is C29H36N4O8. The van der Waals surface area contributed by atoms with Crippen molar-refractivity contribution >= 4 is 17.8 Å². The Balaban J connectivity index is 1.15. The summed E-state index contributed by atoms with van der Waals surface area (Å²) >= 11 is 0. The fourth-order valence-corrected chi connectivity index (χ4v) is 4.14. The molecule has 0 unspecified atom stereocenters. The van der Waals surface area contributed by atoms with E-state index < -0.39 is 11.9 Å². The first-order chi connectivity index (χ1) is 20.0. The van der Waals surface area contributed by atoms with Gasteiger partial charge in [-0.1, -0.05) is 12.0 Å². The van der Waals surface area contributed by atoms with Gasteiger partial charge in [0.1, 0.15) is 12.3 Å². The molecule has 41 heavy (non-hydrogen) atoms. The molecule has 2 atom stereocenters. The number of nitrogens with zero attached hydrogens (tertiary/aromatic N) is 3. The van der Waals surface area contributed by atoms with Crippen LogP contribution < -0.4 is 5.32 Å². The Hall–Kier alpha value is -3.89. The highest BCUT2D eigenvalue weighted by Crippen LogP contribution is 2.36. The second kappa shape index (κ2) is 17.7. The van der Waals surface area contributed by atoms with Gasteiger partial charge < -0.3 is 33.9 Å². The molecule has 220 valence electrons. The Labute approximate surface area is 239 Å². The van der Waals surface area contributed by atoms with Crippen molar-refractivity contribution in [2.75, 3.05) is 73.6 Å². The zero-order chi connectivity index (χ0) is 29.3. The highest BCUT2D eigenvalue weighted by molar-refractivity contribution is 5.90. The number of pyridine rings is 2. The van der Waals surface area contributed by atoms with Crippen LogP contribution >= 0.6 is 0 Å². The van der Waals surface area contributed by atoms with Gasteiger partial charge in [-0.25, -0.2) is 9.78 Å². The van der Waals surface area contributed by atoms with Gasteiger partial charge in [0, 0.05) is 38.6 Å². The molecule has 0 aromatic carbocycles. The van der Waals surface area contributed by atoms with Gasteiger partial charge >= 0.3 is 5.97 Å². The summed E-state index contributed by atoms with van der Waals surface area (Å²) in [5.41, 5.74) is 1.69. The number of rotatable bonds is 16. The molecule has 2 amide bonds.